The number of aryl methyl sites for hydroxylation is 1. The number of nitrogens with zero attached hydrogens (tertiary/aromatic N) is 1. The standard InChI is InChI=1S/C8H9N3O2/c1-5-2-3-7(10)6(4-9)8(5)11(12)13/h2-4,9H,10H2,1H3. The molecule has 0 fully saturated rings. The SMILES string of the molecule is Cc1ccc(N)c(C=N)c1[N+](=O)[O-]. The third-order valence-electron chi connectivity index (χ3n) is 1.78. The highest BCUT2D eigenvalue weighted by molar-refractivity contribution is 5.91. The second-order valence-corrected chi connectivity index (χ2v) is 2.64. The van der Waals surface area contributed by atoms with Crippen LogP contribution in [0.1, 0.15) is 11.1 Å². The summed E-state index contributed by atoms with van der Waals surface area (Å²) < 4.78 is 0. The molecule has 0 spiro atoms. The van der Waals surface area contributed by atoms with Crippen molar-refractivity contribution in [2.24, 2.45) is 0 Å². The Morgan fingerprint density at radius 1 is 1.62 bits per heavy atom. The van der Waals surface area contributed by atoms with Crippen LogP contribution in [-0.2, 0) is 0 Å². The lowest BCUT2D eigenvalue weighted by atomic mass is 10.1. The Kier molecular flexibility index (Phi) is 2.27. The quantitative estimate of drug-likeness (QED) is 0.311. The van der Waals surface area contributed by atoms with E-state index in [1.54, 1.807) is 19.1 Å². The number of benzene rings is 1. The predicted molar refractivity (Wildman–Crippen MR) is 50.1 cm³/mol. The molecule has 0 aliphatic heterocycles. The summed E-state index contributed by atoms with van der Waals surface area (Å²) in [4.78, 5) is 10.1. The zero-order valence-corrected chi connectivity index (χ0v) is 7.07. The third-order valence-corrected chi connectivity index (χ3v) is 1.78. The molecule has 0 saturated carbocycles. The van der Waals surface area contributed by atoms with Gasteiger partial charge in [0.1, 0.15) is 0 Å². The van der Waals surface area contributed by atoms with Crippen LogP contribution >= 0.6 is 0 Å². The van der Waals surface area contributed by atoms with Crippen LogP contribution in [0.4, 0.5) is 11.4 Å². The number of nitrogen functional groups attached to an aromatic ring is 1. The summed E-state index contributed by atoms with van der Waals surface area (Å²) in [6, 6.07) is 3.13. The second kappa shape index (κ2) is 3.22. The summed E-state index contributed by atoms with van der Waals surface area (Å²) in [5.74, 6) is 0. The van der Waals surface area contributed by atoms with E-state index in [1.165, 1.54) is 0 Å². The molecule has 1 aromatic carbocycles. The van der Waals surface area contributed by atoms with E-state index >= 15 is 0 Å². The van der Waals surface area contributed by atoms with Crippen LogP contribution in [0.2, 0.25) is 0 Å². The lowest BCUT2D eigenvalue weighted by molar-refractivity contribution is -0.385. The number of nitrogens with two attached hydrogens (primary N) is 1. The largest absolute Gasteiger partial charge is 0.398 e. The van der Waals surface area contributed by atoms with Gasteiger partial charge in [0.15, 0.2) is 0 Å². The molecule has 0 saturated heterocycles. The third kappa shape index (κ3) is 1.48. The molecule has 0 heterocycles. The maximum atomic E-state index is 10.6. The van der Waals surface area contributed by atoms with Crippen LogP contribution < -0.4 is 5.73 Å². The number of nitrogens with one attached hydrogen (secondary N) is 1. The average Bonchev–Trinajstić information content (AvgIpc) is 2.07. The smallest absolute Gasteiger partial charge is 0.283 e. The first kappa shape index (κ1) is 9.18. The molecule has 1 aromatic rings. The molecule has 68 valence electrons. The van der Waals surface area contributed by atoms with Gasteiger partial charge >= 0.3 is 0 Å². The van der Waals surface area contributed by atoms with Crippen molar-refractivity contribution in [2.45, 2.75) is 6.92 Å². The summed E-state index contributed by atoms with van der Waals surface area (Å²) in [5.41, 5.74) is 6.33. The Labute approximate surface area is 74.8 Å². The van der Waals surface area contributed by atoms with Crippen LogP contribution in [0.15, 0.2) is 12.1 Å². The lowest BCUT2D eigenvalue weighted by Crippen LogP contribution is -2.01. The molecular formula is C8H9N3O2. The minimum absolute atomic E-state index is 0.0880. The highest BCUT2D eigenvalue weighted by Crippen LogP contribution is 2.26. The van der Waals surface area contributed by atoms with E-state index < -0.39 is 4.92 Å². The van der Waals surface area contributed by atoms with Crippen molar-refractivity contribution in [2.75, 3.05) is 5.73 Å². The van der Waals surface area contributed by atoms with Crippen molar-refractivity contribution in [3.8, 4) is 0 Å². The summed E-state index contributed by atoms with van der Waals surface area (Å²) >= 11 is 0. The number of rotatable bonds is 2. The summed E-state index contributed by atoms with van der Waals surface area (Å²) in [6.07, 6.45) is 0.903. The van der Waals surface area contributed by atoms with E-state index in [9.17, 15) is 10.1 Å². The van der Waals surface area contributed by atoms with Gasteiger partial charge in [0.05, 0.1) is 10.5 Å². The molecule has 0 aliphatic carbocycles. The van der Waals surface area contributed by atoms with Gasteiger partial charge in [-0.05, 0) is 13.0 Å². The zero-order chi connectivity index (χ0) is 10.0. The van der Waals surface area contributed by atoms with Crippen molar-refractivity contribution < 1.29 is 4.92 Å². The van der Waals surface area contributed by atoms with Crippen LogP contribution in [-0.4, -0.2) is 11.1 Å². The van der Waals surface area contributed by atoms with Crippen molar-refractivity contribution >= 4 is 17.6 Å². The maximum absolute atomic E-state index is 10.6. The first-order valence-corrected chi connectivity index (χ1v) is 3.62. The fourth-order valence-electron chi connectivity index (χ4n) is 1.13. The predicted octanol–water partition coefficient (Wildman–Crippen LogP) is 1.48. The van der Waals surface area contributed by atoms with Gasteiger partial charge in [-0.2, -0.15) is 0 Å². The fourth-order valence-corrected chi connectivity index (χ4v) is 1.13. The minimum atomic E-state index is -0.522. The van der Waals surface area contributed by atoms with Gasteiger partial charge in [-0.1, -0.05) is 6.07 Å². The van der Waals surface area contributed by atoms with Gasteiger partial charge in [-0.25, -0.2) is 0 Å². The van der Waals surface area contributed by atoms with Gasteiger partial charge in [0.2, 0.25) is 0 Å². The number of hydrogen-bond donors (Lipinski definition) is 2. The molecule has 3 N–H and O–H groups in total. The Balaban J connectivity index is 3.52. The van der Waals surface area contributed by atoms with E-state index in [0.29, 0.717) is 5.56 Å². The molecule has 0 atom stereocenters. The number of nitro groups is 1. The molecule has 0 aliphatic rings. The summed E-state index contributed by atoms with van der Waals surface area (Å²) in [5, 5.41) is 17.6. The summed E-state index contributed by atoms with van der Waals surface area (Å²) in [6.45, 7) is 1.62. The van der Waals surface area contributed by atoms with Gasteiger partial charge in [-0.15, -0.1) is 0 Å². The van der Waals surface area contributed by atoms with E-state index in [0.717, 1.165) is 6.21 Å². The Morgan fingerprint density at radius 3 is 2.62 bits per heavy atom. The minimum Gasteiger partial charge on any atom is -0.398 e. The number of nitro benzene ring substituents is 1. The molecule has 0 radical (unpaired) electrons. The van der Waals surface area contributed by atoms with Gasteiger partial charge in [0, 0.05) is 17.5 Å². The molecule has 0 bridgehead atoms. The average molecular weight is 179 g/mol. The van der Waals surface area contributed by atoms with Crippen molar-refractivity contribution in [1.82, 2.24) is 0 Å². The van der Waals surface area contributed by atoms with Crippen LogP contribution in [0.25, 0.3) is 0 Å². The van der Waals surface area contributed by atoms with Gasteiger partial charge in [0.25, 0.3) is 5.69 Å². The van der Waals surface area contributed by atoms with Gasteiger partial charge < -0.3 is 11.1 Å². The van der Waals surface area contributed by atoms with Crippen LogP contribution in [0.3, 0.4) is 0 Å². The molecular weight excluding hydrogens is 170 g/mol. The van der Waals surface area contributed by atoms with Crippen molar-refractivity contribution in [3.63, 3.8) is 0 Å². The van der Waals surface area contributed by atoms with E-state index in [2.05, 4.69) is 0 Å². The highest BCUT2D eigenvalue weighted by Gasteiger charge is 2.17. The zero-order valence-electron chi connectivity index (χ0n) is 7.07. The van der Waals surface area contributed by atoms with Crippen molar-refractivity contribution in [1.29, 1.82) is 5.41 Å². The highest BCUT2D eigenvalue weighted by atomic mass is 16.6. The van der Waals surface area contributed by atoms with Gasteiger partial charge in [-0.3, -0.25) is 10.1 Å². The molecule has 13 heavy (non-hydrogen) atoms. The Morgan fingerprint density at radius 2 is 2.23 bits per heavy atom. The first-order valence-electron chi connectivity index (χ1n) is 3.62. The normalized spacial score (nSPS) is 9.62. The second-order valence-electron chi connectivity index (χ2n) is 2.64. The lowest BCUT2D eigenvalue weighted by Gasteiger charge is -2.03. The van der Waals surface area contributed by atoms with E-state index in [1.807, 2.05) is 0 Å². The molecule has 0 aromatic heterocycles. The maximum Gasteiger partial charge on any atom is 0.283 e. The fraction of sp³-hybridized carbons (Fsp3) is 0.125. The number of anilines is 1. The molecule has 5 nitrogen and oxygen atoms in total. The monoisotopic (exact) mass is 179 g/mol. The van der Waals surface area contributed by atoms with Crippen LogP contribution in [0, 0.1) is 22.4 Å². The molecule has 1 rings (SSSR count). The molecule has 5 heteroatoms. The van der Waals surface area contributed by atoms with Crippen LogP contribution in [0.5, 0.6) is 0 Å². The summed E-state index contributed by atoms with van der Waals surface area (Å²) in [7, 11) is 0. The van der Waals surface area contributed by atoms with E-state index in [4.69, 9.17) is 11.1 Å². The topological polar surface area (TPSA) is 93.0 Å². The molecule has 0 amide bonds. The molecule has 0 unspecified atom stereocenters. The Bertz CT molecular complexity index is 374. The van der Waals surface area contributed by atoms with Crippen molar-refractivity contribution in [3.05, 3.63) is 33.4 Å². The van der Waals surface area contributed by atoms with E-state index in [-0.39, 0.29) is 16.9 Å². The first-order chi connectivity index (χ1) is 6.07. The Hall–Kier alpha value is -1.91. The number of hydrogen-bond acceptors (Lipinski definition) is 4.